The van der Waals surface area contributed by atoms with E-state index >= 15 is 4.79 Å². The number of nitrogens with zero attached hydrogens (tertiary/aromatic N) is 7. The van der Waals surface area contributed by atoms with Crippen LogP contribution in [-0.2, 0) is 59.0 Å². The molecule has 3 amide bonds. The number of ether oxygens (including phenoxy) is 10. The number of halogens is 2. The van der Waals surface area contributed by atoms with Crippen LogP contribution in [0, 0.1) is 44.2 Å². The lowest BCUT2D eigenvalue weighted by Crippen LogP contribution is -2.65. The van der Waals surface area contributed by atoms with Gasteiger partial charge in [0.1, 0.15) is 58.6 Å². The summed E-state index contributed by atoms with van der Waals surface area (Å²) >= 11 is 12.7. The van der Waals surface area contributed by atoms with E-state index < -0.39 is 51.6 Å². The minimum Gasteiger partial charge on any atom is -0.490 e. The van der Waals surface area contributed by atoms with E-state index in [1.54, 1.807) is 54.3 Å². The quantitative estimate of drug-likeness (QED) is 0.0211. The average Bonchev–Trinajstić information content (AvgIpc) is 2.27. The molecular weight excluding hydrogens is 1150 g/mol. The number of carbonyl (C=O) groups is 4. The van der Waals surface area contributed by atoms with Gasteiger partial charge in [0, 0.05) is 49.4 Å². The molecule has 2 fully saturated rings. The van der Waals surface area contributed by atoms with Crippen molar-refractivity contribution in [2.24, 2.45) is 0 Å². The standard InChI is InChI=1S/C51H63Cl2N7O23/c1-34-28-42(52)46(43(53)29-34)75-24-23-74-40-8-4-36(5-9-40)41-30-39-32-55(49(62)77-20-14-71-17-25-81-58(65)66)33-44(57(39)50(63)78-21-15-72-18-26-82-59(67)68)45(41)48(61)56(38-6-7-38)31-37-10-11-54-47(35(37)2)76-12-3-13-79-51(64)80-22-16-73-19-27-83-60(69)70/h4-5,8-11,28-29,38-39,44H,3,6-7,12-27,30-33H2,1-2H3. The second-order valence-electron chi connectivity index (χ2n) is 18.3. The predicted octanol–water partition coefficient (Wildman–Crippen LogP) is 6.04. The Kier molecular flexibility index (Phi) is 25.7. The van der Waals surface area contributed by atoms with Crippen molar-refractivity contribution in [3.63, 3.8) is 0 Å². The zero-order chi connectivity index (χ0) is 59.7. The molecule has 2 aliphatic heterocycles. The first-order valence-electron chi connectivity index (χ1n) is 26.1. The number of carbonyl (C=O) groups excluding carboxylic acids is 4. The number of hydrogen-bond donors (Lipinski definition) is 0. The number of rotatable bonds is 36. The fraction of sp³-hybridized carbons (Fsp3) is 0.549. The Labute approximate surface area is 484 Å². The van der Waals surface area contributed by atoms with Gasteiger partial charge in [-0.2, -0.15) is 0 Å². The molecule has 0 radical (unpaired) electrons. The number of aromatic nitrogens is 1. The van der Waals surface area contributed by atoms with Gasteiger partial charge in [0.2, 0.25) is 5.88 Å². The summed E-state index contributed by atoms with van der Waals surface area (Å²) in [7, 11) is 0. The normalized spacial score (nSPS) is 15.4. The van der Waals surface area contributed by atoms with Gasteiger partial charge in [-0.25, -0.2) is 19.4 Å². The zero-order valence-electron chi connectivity index (χ0n) is 45.4. The van der Waals surface area contributed by atoms with Crippen LogP contribution in [0.15, 0.2) is 54.2 Å². The number of amides is 3. The monoisotopic (exact) mass is 1210 g/mol. The van der Waals surface area contributed by atoms with Crippen molar-refractivity contribution in [3.8, 4) is 17.4 Å². The topological polar surface area (TPSA) is 340 Å². The Hall–Kier alpha value is -7.93. The lowest BCUT2D eigenvalue weighted by atomic mass is 9.81. The van der Waals surface area contributed by atoms with Crippen molar-refractivity contribution in [1.82, 2.24) is 19.7 Å². The maximum absolute atomic E-state index is 15.7. The van der Waals surface area contributed by atoms with Crippen LogP contribution < -0.4 is 14.2 Å². The molecule has 32 heteroatoms. The maximum atomic E-state index is 15.7. The Morgan fingerprint density at radius 1 is 0.651 bits per heavy atom. The highest BCUT2D eigenvalue weighted by atomic mass is 35.5. The van der Waals surface area contributed by atoms with Crippen LogP contribution in [0.5, 0.6) is 17.4 Å². The van der Waals surface area contributed by atoms with Crippen LogP contribution in [-0.4, -0.2) is 196 Å². The third-order valence-electron chi connectivity index (χ3n) is 12.5. The summed E-state index contributed by atoms with van der Waals surface area (Å²) in [6.07, 6.45) is 0.645. The third kappa shape index (κ3) is 20.8. The van der Waals surface area contributed by atoms with E-state index in [0.29, 0.717) is 56.6 Å². The highest BCUT2D eigenvalue weighted by molar-refractivity contribution is 6.37. The van der Waals surface area contributed by atoms with E-state index in [-0.39, 0.29) is 156 Å². The van der Waals surface area contributed by atoms with Crippen molar-refractivity contribution in [1.29, 1.82) is 0 Å². The highest BCUT2D eigenvalue weighted by Crippen LogP contribution is 2.42. The molecular formula is C51H63Cl2N7O23. The number of piperazine rings is 1. The molecule has 2 aromatic carbocycles. The van der Waals surface area contributed by atoms with Gasteiger partial charge in [0.25, 0.3) is 21.2 Å². The SMILES string of the molecule is Cc1cc(Cl)c(OCCOc2ccc(C3=C(C(=O)N(Cc4ccnc(OCCCOC(=O)OCCOCCO[N+](=O)[O-])c4C)C4CC4)C4CN(C(=O)OCCOCCO[N+](=O)[O-])CC(C3)N4C(=O)OCCOCCO[N+](=O)[O-])cc2)c(Cl)c1. The molecule has 3 aromatic rings. The van der Waals surface area contributed by atoms with Gasteiger partial charge in [-0.15, -0.1) is 30.3 Å². The molecule has 1 saturated carbocycles. The van der Waals surface area contributed by atoms with Crippen molar-refractivity contribution in [3.05, 3.63) is 117 Å². The number of hydrogen-bond acceptors (Lipinski definition) is 24. The molecule has 2 unspecified atom stereocenters. The first-order chi connectivity index (χ1) is 40.0. The number of fused-ring (bicyclic) bond motifs is 2. The van der Waals surface area contributed by atoms with Crippen LogP contribution >= 0.6 is 23.2 Å². The maximum Gasteiger partial charge on any atom is 0.508 e. The summed E-state index contributed by atoms with van der Waals surface area (Å²) in [5.74, 6) is 0.642. The Balaban J connectivity index is 1.22. The lowest BCUT2D eigenvalue weighted by molar-refractivity contribution is -0.758. The summed E-state index contributed by atoms with van der Waals surface area (Å²) in [4.78, 5) is 109. The Morgan fingerprint density at radius 3 is 1.80 bits per heavy atom. The first kappa shape index (κ1) is 64.2. The average molecular weight is 1210 g/mol. The molecule has 454 valence electrons. The molecule has 3 heterocycles. The van der Waals surface area contributed by atoms with Crippen molar-refractivity contribution in [2.75, 3.05) is 119 Å². The van der Waals surface area contributed by atoms with Gasteiger partial charge in [-0.3, -0.25) is 9.69 Å². The molecule has 0 N–H and O–H groups in total. The minimum atomic E-state index is -1.11. The van der Waals surface area contributed by atoms with Gasteiger partial charge in [-0.1, -0.05) is 35.3 Å². The van der Waals surface area contributed by atoms with Crippen molar-refractivity contribution >= 4 is 53.0 Å². The summed E-state index contributed by atoms with van der Waals surface area (Å²) in [5.41, 5.74) is 3.62. The van der Waals surface area contributed by atoms with Crippen molar-refractivity contribution in [2.45, 2.75) is 64.2 Å². The van der Waals surface area contributed by atoms with Gasteiger partial charge in [0.15, 0.2) is 5.75 Å². The molecule has 1 saturated heterocycles. The van der Waals surface area contributed by atoms with Crippen LogP contribution in [0.3, 0.4) is 0 Å². The first-order valence-corrected chi connectivity index (χ1v) is 26.9. The molecule has 2 atom stereocenters. The number of benzene rings is 2. The zero-order valence-corrected chi connectivity index (χ0v) is 46.9. The summed E-state index contributed by atoms with van der Waals surface area (Å²) in [6.45, 7) is 1.45. The van der Waals surface area contributed by atoms with Gasteiger partial charge >= 0.3 is 18.3 Å². The Bertz CT molecular complexity index is 2700. The van der Waals surface area contributed by atoms with Crippen LogP contribution in [0.25, 0.3) is 5.57 Å². The predicted molar refractivity (Wildman–Crippen MR) is 285 cm³/mol. The lowest BCUT2D eigenvalue weighted by Gasteiger charge is -2.50. The largest absolute Gasteiger partial charge is 0.508 e. The second-order valence-corrected chi connectivity index (χ2v) is 19.1. The molecule has 3 aliphatic rings. The fourth-order valence-electron chi connectivity index (χ4n) is 8.69. The number of aryl methyl sites for hydroxylation is 1. The highest BCUT2D eigenvalue weighted by Gasteiger charge is 2.50. The van der Waals surface area contributed by atoms with Gasteiger partial charge in [0.05, 0.1) is 75.0 Å². The molecule has 83 heavy (non-hydrogen) atoms. The van der Waals surface area contributed by atoms with E-state index in [4.69, 9.17) is 70.6 Å². The third-order valence-corrected chi connectivity index (χ3v) is 13.1. The molecule has 6 rings (SSSR count). The number of pyridine rings is 1. The smallest absolute Gasteiger partial charge is 0.490 e. The molecule has 30 nitrogen and oxygen atoms in total. The van der Waals surface area contributed by atoms with E-state index in [2.05, 4.69) is 19.5 Å². The van der Waals surface area contributed by atoms with Crippen LogP contribution in [0.2, 0.25) is 10.0 Å². The summed E-state index contributed by atoms with van der Waals surface area (Å²) < 4.78 is 54.9. The van der Waals surface area contributed by atoms with Gasteiger partial charge in [-0.05, 0) is 85.7 Å². The van der Waals surface area contributed by atoms with Crippen molar-refractivity contribution < 1.29 is 96.3 Å². The molecule has 0 spiro atoms. The van der Waals surface area contributed by atoms with E-state index in [1.165, 1.54) is 16.0 Å². The van der Waals surface area contributed by atoms with Crippen LogP contribution in [0.4, 0.5) is 14.4 Å². The summed E-state index contributed by atoms with van der Waals surface area (Å²) in [5, 5.41) is 29.2. The van der Waals surface area contributed by atoms with Crippen LogP contribution in [0.1, 0.15) is 47.9 Å². The second kappa shape index (κ2) is 33.2. The van der Waals surface area contributed by atoms with E-state index in [1.807, 2.05) is 6.92 Å². The summed E-state index contributed by atoms with van der Waals surface area (Å²) in [6, 6.07) is 10.2. The van der Waals surface area contributed by atoms with Gasteiger partial charge < -0.3 is 71.7 Å². The van der Waals surface area contributed by atoms with E-state index in [9.17, 15) is 44.7 Å². The Morgan fingerprint density at radius 2 is 1.20 bits per heavy atom. The molecule has 1 aliphatic carbocycles. The fourth-order valence-corrected chi connectivity index (χ4v) is 9.39. The molecule has 1 aromatic heterocycles. The molecule has 2 bridgehead atoms. The minimum absolute atomic E-state index is 0.0303. The van der Waals surface area contributed by atoms with E-state index in [0.717, 1.165) is 5.56 Å².